The molecule has 0 radical (unpaired) electrons. The quantitative estimate of drug-likeness (QED) is 0.563. The van der Waals surface area contributed by atoms with Crippen molar-refractivity contribution in [1.82, 2.24) is 5.32 Å². The number of carbonyl (C=O) groups is 3. The maximum atomic E-state index is 13.8. The van der Waals surface area contributed by atoms with Crippen LogP contribution in [0.5, 0.6) is 0 Å². The number of rotatable bonds is 7. The van der Waals surface area contributed by atoms with Gasteiger partial charge in [0.25, 0.3) is 5.91 Å². The first-order valence-corrected chi connectivity index (χ1v) is 9.13. The molecule has 0 aliphatic rings. The summed E-state index contributed by atoms with van der Waals surface area (Å²) in [7, 11) is 0. The molecule has 3 aromatic rings. The Labute approximate surface area is 175 Å². The van der Waals surface area contributed by atoms with Crippen molar-refractivity contribution in [2.45, 2.75) is 12.5 Å². The molecule has 0 aliphatic heterocycles. The first-order valence-electron chi connectivity index (χ1n) is 9.13. The Bertz CT molecular complexity index is 1110. The smallest absolute Gasteiger partial charge is 0.326 e. The molecule has 0 aliphatic carbocycles. The van der Waals surface area contributed by atoms with Crippen LogP contribution < -0.4 is 5.32 Å². The first kappa shape index (κ1) is 21.8. The predicted octanol–water partition coefficient (Wildman–Crippen LogP) is 3.76. The summed E-state index contributed by atoms with van der Waals surface area (Å²) >= 11 is 0. The number of carboxylic acid groups (broad SMARTS) is 1. The van der Waals surface area contributed by atoms with Crippen LogP contribution in [-0.2, 0) is 11.2 Å². The molecule has 8 heteroatoms. The van der Waals surface area contributed by atoms with Gasteiger partial charge < -0.3 is 10.4 Å². The molecular weight excluding hydrogens is 411 g/mol. The number of hydrogen-bond acceptors (Lipinski definition) is 3. The molecule has 31 heavy (non-hydrogen) atoms. The Morgan fingerprint density at radius 1 is 0.839 bits per heavy atom. The number of aliphatic carboxylic acids is 1. The molecule has 1 amide bonds. The number of carbonyl (C=O) groups excluding carboxylic acids is 2. The Morgan fingerprint density at radius 2 is 1.39 bits per heavy atom. The highest BCUT2D eigenvalue weighted by Crippen LogP contribution is 2.16. The van der Waals surface area contributed by atoms with E-state index < -0.39 is 40.9 Å². The second kappa shape index (κ2) is 9.25. The molecule has 1 atom stereocenters. The third-order valence-corrected chi connectivity index (χ3v) is 4.53. The lowest BCUT2D eigenvalue weighted by Crippen LogP contribution is -2.43. The number of amides is 1. The van der Waals surface area contributed by atoms with E-state index in [9.17, 15) is 32.7 Å². The topological polar surface area (TPSA) is 83.5 Å². The SMILES string of the molecule is O=C(c1ccccc1)c1ccc(C[C@@H](NC(=O)c2c(F)cc(F)cc2F)C(=O)O)cc1. The van der Waals surface area contributed by atoms with Crippen LogP contribution in [0.15, 0.2) is 66.7 Å². The van der Waals surface area contributed by atoms with Gasteiger partial charge in [0.1, 0.15) is 29.1 Å². The van der Waals surface area contributed by atoms with E-state index in [4.69, 9.17) is 0 Å². The fourth-order valence-electron chi connectivity index (χ4n) is 2.97. The Kier molecular flexibility index (Phi) is 6.49. The molecule has 3 rings (SSSR count). The van der Waals surface area contributed by atoms with Gasteiger partial charge in [0.15, 0.2) is 5.78 Å². The summed E-state index contributed by atoms with van der Waals surface area (Å²) in [6, 6.07) is 13.8. The number of ketones is 1. The summed E-state index contributed by atoms with van der Waals surface area (Å²) in [4.78, 5) is 36.1. The normalized spacial score (nSPS) is 11.6. The number of nitrogens with one attached hydrogen (secondary N) is 1. The Morgan fingerprint density at radius 3 is 1.94 bits per heavy atom. The van der Waals surface area contributed by atoms with Gasteiger partial charge >= 0.3 is 5.97 Å². The van der Waals surface area contributed by atoms with Crippen molar-refractivity contribution >= 4 is 17.7 Å². The van der Waals surface area contributed by atoms with Crippen LogP contribution in [0, 0.1) is 17.5 Å². The summed E-state index contributed by atoms with van der Waals surface area (Å²) < 4.78 is 40.6. The summed E-state index contributed by atoms with van der Waals surface area (Å²) in [5, 5.41) is 11.4. The second-order valence-electron chi connectivity index (χ2n) is 6.70. The van der Waals surface area contributed by atoms with Crippen LogP contribution in [0.4, 0.5) is 13.2 Å². The predicted molar refractivity (Wildman–Crippen MR) is 105 cm³/mol. The molecule has 3 aromatic carbocycles. The van der Waals surface area contributed by atoms with Crippen molar-refractivity contribution in [3.63, 3.8) is 0 Å². The van der Waals surface area contributed by atoms with Gasteiger partial charge in [-0.25, -0.2) is 18.0 Å². The van der Waals surface area contributed by atoms with E-state index in [1.165, 1.54) is 24.3 Å². The van der Waals surface area contributed by atoms with Gasteiger partial charge in [-0.05, 0) is 5.56 Å². The maximum absolute atomic E-state index is 13.8. The lowest BCUT2D eigenvalue weighted by Gasteiger charge is -2.15. The Balaban J connectivity index is 1.74. The molecule has 5 nitrogen and oxygen atoms in total. The van der Waals surface area contributed by atoms with Crippen molar-refractivity contribution in [1.29, 1.82) is 0 Å². The molecule has 0 bridgehead atoms. The lowest BCUT2D eigenvalue weighted by molar-refractivity contribution is -0.139. The van der Waals surface area contributed by atoms with Gasteiger partial charge in [-0.3, -0.25) is 9.59 Å². The molecule has 0 fully saturated rings. The third-order valence-electron chi connectivity index (χ3n) is 4.53. The second-order valence-corrected chi connectivity index (χ2v) is 6.70. The minimum absolute atomic E-state index is 0.203. The zero-order chi connectivity index (χ0) is 22.5. The van der Waals surface area contributed by atoms with Gasteiger partial charge in [0, 0.05) is 29.7 Å². The van der Waals surface area contributed by atoms with Gasteiger partial charge in [0.2, 0.25) is 0 Å². The van der Waals surface area contributed by atoms with Crippen molar-refractivity contribution in [2.24, 2.45) is 0 Å². The number of carboxylic acids is 1. The maximum Gasteiger partial charge on any atom is 0.326 e. The highest BCUT2D eigenvalue weighted by molar-refractivity contribution is 6.08. The third kappa shape index (κ3) is 5.16. The molecule has 0 unspecified atom stereocenters. The lowest BCUT2D eigenvalue weighted by atomic mass is 9.99. The average molecular weight is 427 g/mol. The minimum atomic E-state index is -1.51. The molecule has 0 heterocycles. The van der Waals surface area contributed by atoms with E-state index >= 15 is 0 Å². The number of hydrogen-bond donors (Lipinski definition) is 2. The van der Waals surface area contributed by atoms with Gasteiger partial charge in [-0.15, -0.1) is 0 Å². The van der Waals surface area contributed by atoms with Crippen LogP contribution in [0.3, 0.4) is 0 Å². The van der Waals surface area contributed by atoms with E-state index in [0.29, 0.717) is 28.8 Å². The van der Waals surface area contributed by atoms with E-state index in [1.54, 1.807) is 30.3 Å². The largest absolute Gasteiger partial charge is 0.480 e. The van der Waals surface area contributed by atoms with Gasteiger partial charge in [-0.2, -0.15) is 0 Å². The molecule has 0 aromatic heterocycles. The van der Waals surface area contributed by atoms with Crippen molar-refractivity contribution < 1.29 is 32.7 Å². The van der Waals surface area contributed by atoms with Crippen LogP contribution in [0.1, 0.15) is 31.8 Å². The molecule has 0 saturated carbocycles. The molecule has 2 N–H and O–H groups in total. The fourth-order valence-corrected chi connectivity index (χ4v) is 2.97. The van der Waals surface area contributed by atoms with Crippen molar-refractivity contribution in [2.75, 3.05) is 0 Å². The van der Waals surface area contributed by atoms with E-state index in [0.717, 1.165) is 0 Å². The zero-order valence-corrected chi connectivity index (χ0v) is 15.9. The molecular formula is C23H16F3NO4. The number of benzene rings is 3. The van der Waals surface area contributed by atoms with E-state index in [2.05, 4.69) is 0 Å². The zero-order valence-electron chi connectivity index (χ0n) is 15.9. The van der Waals surface area contributed by atoms with Crippen molar-refractivity contribution in [3.8, 4) is 0 Å². The average Bonchev–Trinajstić information content (AvgIpc) is 2.73. The van der Waals surface area contributed by atoms with Crippen LogP contribution in [0.2, 0.25) is 0 Å². The van der Waals surface area contributed by atoms with Crippen molar-refractivity contribution in [3.05, 3.63) is 106 Å². The van der Waals surface area contributed by atoms with E-state index in [-0.39, 0.29) is 12.2 Å². The molecule has 158 valence electrons. The standard InChI is InChI=1S/C23H16F3NO4/c24-16-11-17(25)20(18(26)12-16)22(29)27-19(23(30)31)10-13-6-8-15(9-7-13)21(28)14-4-2-1-3-5-14/h1-9,11-12,19H,10H2,(H,27,29)(H,30,31)/t19-/m1/s1. The highest BCUT2D eigenvalue weighted by Gasteiger charge is 2.25. The summed E-state index contributed by atoms with van der Waals surface area (Å²) in [6.45, 7) is 0. The fraction of sp³-hybridized carbons (Fsp3) is 0.0870. The number of halogens is 3. The summed E-state index contributed by atoms with van der Waals surface area (Å²) in [5.41, 5.74) is 0.282. The highest BCUT2D eigenvalue weighted by atomic mass is 19.1. The van der Waals surface area contributed by atoms with Gasteiger partial charge in [-0.1, -0.05) is 54.6 Å². The van der Waals surface area contributed by atoms with Crippen LogP contribution in [0.25, 0.3) is 0 Å². The van der Waals surface area contributed by atoms with Crippen LogP contribution >= 0.6 is 0 Å². The van der Waals surface area contributed by atoms with Crippen LogP contribution in [-0.4, -0.2) is 28.8 Å². The monoisotopic (exact) mass is 427 g/mol. The summed E-state index contributed by atoms with van der Waals surface area (Å²) in [6.07, 6.45) is -0.203. The van der Waals surface area contributed by atoms with Gasteiger partial charge in [0.05, 0.1) is 0 Å². The molecule has 0 saturated heterocycles. The van der Waals surface area contributed by atoms with E-state index in [1.807, 2.05) is 5.32 Å². The Hall–Kier alpha value is -3.94. The minimum Gasteiger partial charge on any atom is -0.480 e. The molecule has 0 spiro atoms. The first-order chi connectivity index (χ1) is 14.8. The summed E-state index contributed by atoms with van der Waals surface area (Å²) in [5.74, 6) is -7.05.